The highest BCUT2D eigenvalue weighted by Gasteiger charge is 2.28. The second-order valence-corrected chi connectivity index (χ2v) is 6.51. The van der Waals surface area contributed by atoms with Gasteiger partial charge < -0.3 is 10.2 Å². The molecule has 3 aromatic rings. The Bertz CT molecular complexity index is 916. The van der Waals surface area contributed by atoms with Crippen molar-refractivity contribution in [3.05, 3.63) is 54.2 Å². The van der Waals surface area contributed by atoms with E-state index in [2.05, 4.69) is 28.5 Å². The fraction of sp³-hybridized carbons (Fsp3) is 0.300. The molecule has 0 saturated carbocycles. The number of hydrogen-bond acceptors (Lipinski definition) is 3. The van der Waals surface area contributed by atoms with Gasteiger partial charge in [-0.1, -0.05) is 30.3 Å². The van der Waals surface area contributed by atoms with Gasteiger partial charge in [-0.2, -0.15) is 0 Å². The van der Waals surface area contributed by atoms with Crippen LogP contribution in [0.1, 0.15) is 16.8 Å². The molecule has 0 radical (unpaired) electrons. The number of carbonyl (C=O) groups excluding carboxylic acids is 1. The molecule has 0 spiro atoms. The van der Waals surface area contributed by atoms with E-state index in [-0.39, 0.29) is 30.7 Å². The summed E-state index contributed by atoms with van der Waals surface area (Å²) in [6.07, 6.45) is 2.83. The monoisotopic (exact) mass is 391 g/mol. The Morgan fingerprint density at radius 3 is 2.77 bits per heavy atom. The fourth-order valence-corrected chi connectivity index (χ4v) is 3.74. The quantitative estimate of drug-likeness (QED) is 0.688. The summed E-state index contributed by atoms with van der Waals surface area (Å²) in [5.74, 6) is 0.640. The summed E-state index contributed by atoms with van der Waals surface area (Å²) < 4.78 is 0. The molecule has 1 aliphatic heterocycles. The topological polar surface area (TPSA) is 45.2 Å². The van der Waals surface area contributed by atoms with Crippen LogP contribution in [0.3, 0.4) is 0 Å². The summed E-state index contributed by atoms with van der Waals surface area (Å²) in [6.45, 7) is 2.60. The lowest BCUT2D eigenvalue weighted by molar-refractivity contribution is 0.0789. The molecule has 1 aliphatic rings. The van der Waals surface area contributed by atoms with Crippen LogP contribution in [0.4, 0.5) is 0 Å². The molecule has 0 aliphatic carbocycles. The molecule has 2 heterocycles. The van der Waals surface area contributed by atoms with Gasteiger partial charge in [-0.3, -0.25) is 9.78 Å². The number of pyridine rings is 1. The van der Waals surface area contributed by atoms with Gasteiger partial charge in [0.2, 0.25) is 0 Å². The number of amides is 1. The number of nitrogens with zero attached hydrogens (tertiary/aromatic N) is 2. The normalized spacial score (nSPS) is 16.3. The Morgan fingerprint density at radius 1 is 1.19 bits per heavy atom. The van der Waals surface area contributed by atoms with Gasteiger partial charge in [0, 0.05) is 24.7 Å². The lowest BCUT2D eigenvalue weighted by atomic mass is 10.00. The van der Waals surface area contributed by atoms with Crippen molar-refractivity contribution in [3.8, 4) is 0 Å². The van der Waals surface area contributed by atoms with Gasteiger partial charge in [-0.05, 0) is 48.8 Å². The standard InChI is InChI=1S/C20H21N3O.2ClH/c1-21-12-14-8-10-23(13-14)20(24)18-11-15-5-2-3-6-16(15)17-7-4-9-22-19(17)18;;/h2-7,9,11,14,21H,8,10,12-13H2,1H3;2*1H. The number of halogens is 2. The van der Waals surface area contributed by atoms with E-state index in [1.54, 1.807) is 6.20 Å². The molecule has 138 valence electrons. The second kappa shape index (κ2) is 8.67. The van der Waals surface area contributed by atoms with Gasteiger partial charge in [-0.25, -0.2) is 0 Å². The van der Waals surface area contributed by atoms with Crippen LogP contribution in [0.25, 0.3) is 21.7 Å². The zero-order chi connectivity index (χ0) is 16.5. The Morgan fingerprint density at radius 2 is 1.96 bits per heavy atom. The van der Waals surface area contributed by atoms with Crippen molar-refractivity contribution in [1.82, 2.24) is 15.2 Å². The number of likely N-dealkylation sites (tertiary alicyclic amines) is 1. The summed E-state index contributed by atoms with van der Waals surface area (Å²) in [6, 6.07) is 14.2. The maximum Gasteiger partial charge on any atom is 0.256 e. The molecule has 1 unspecified atom stereocenters. The van der Waals surface area contributed by atoms with Crippen molar-refractivity contribution in [2.75, 3.05) is 26.7 Å². The molecule has 0 bridgehead atoms. The summed E-state index contributed by atoms with van der Waals surface area (Å²) in [7, 11) is 1.96. The van der Waals surface area contributed by atoms with Crippen LogP contribution in [0.15, 0.2) is 48.7 Å². The molecule has 1 saturated heterocycles. The number of carbonyl (C=O) groups is 1. The first-order chi connectivity index (χ1) is 11.8. The Kier molecular flexibility index (Phi) is 6.81. The van der Waals surface area contributed by atoms with E-state index in [1.165, 1.54) is 0 Å². The SMILES string of the molecule is CNCC1CCN(C(=O)c2cc3ccccc3c3cccnc23)C1.Cl.Cl. The van der Waals surface area contributed by atoms with Crippen LogP contribution in [0.2, 0.25) is 0 Å². The minimum atomic E-state index is 0. The fourth-order valence-electron chi connectivity index (χ4n) is 3.74. The van der Waals surface area contributed by atoms with E-state index in [4.69, 9.17) is 0 Å². The summed E-state index contributed by atoms with van der Waals surface area (Å²) in [5.41, 5.74) is 1.52. The maximum atomic E-state index is 13.1. The van der Waals surface area contributed by atoms with Crippen LogP contribution >= 0.6 is 24.8 Å². The van der Waals surface area contributed by atoms with Gasteiger partial charge in [0.05, 0.1) is 11.1 Å². The van der Waals surface area contributed by atoms with E-state index in [0.29, 0.717) is 5.92 Å². The Labute approximate surface area is 165 Å². The predicted molar refractivity (Wildman–Crippen MR) is 112 cm³/mol. The molecule has 1 atom stereocenters. The first-order valence-electron chi connectivity index (χ1n) is 8.48. The smallest absolute Gasteiger partial charge is 0.256 e. The third-order valence-corrected chi connectivity index (χ3v) is 4.91. The van der Waals surface area contributed by atoms with Crippen molar-refractivity contribution >= 4 is 52.4 Å². The molecular weight excluding hydrogens is 369 g/mol. The van der Waals surface area contributed by atoms with Crippen LogP contribution < -0.4 is 5.32 Å². The summed E-state index contributed by atoms with van der Waals surface area (Å²) in [5, 5.41) is 6.49. The molecular formula is C20H23Cl2N3O. The van der Waals surface area contributed by atoms with Gasteiger partial charge >= 0.3 is 0 Å². The predicted octanol–water partition coefficient (Wildman–Crippen LogP) is 3.91. The molecule has 1 aromatic heterocycles. The third kappa shape index (κ3) is 3.63. The van der Waals surface area contributed by atoms with Gasteiger partial charge in [0.25, 0.3) is 5.91 Å². The highest BCUT2D eigenvalue weighted by Crippen LogP contribution is 2.29. The van der Waals surface area contributed by atoms with E-state index >= 15 is 0 Å². The first-order valence-corrected chi connectivity index (χ1v) is 8.48. The van der Waals surface area contributed by atoms with E-state index < -0.39 is 0 Å². The van der Waals surface area contributed by atoms with E-state index in [1.807, 2.05) is 36.2 Å². The van der Waals surface area contributed by atoms with Crippen molar-refractivity contribution in [2.24, 2.45) is 5.92 Å². The first kappa shape index (κ1) is 20.4. The van der Waals surface area contributed by atoms with Gasteiger partial charge in [0.1, 0.15) is 0 Å². The number of aromatic nitrogens is 1. The molecule has 2 aromatic carbocycles. The van der Waals surface area contributed by atoms with Crippen LogP contribution in [0, 0.1) is 5.92 Å². The van der Waals surface area contributed by atoms with Crippen LogP contribution in [-0.2, 0) is 0 Å². The summed E-state index contributed by atoms with van der Waals surface area (Å²) in [4.78, 5) is 19.6. The van der Waals surface area contributed by atoms with Crippen LogP contribution in [0.5, 0.6) is 0 Å². The molecule has 1 amide bonds. The minimum Gasteiger partial charge on any atom is -0.338 e. The second-order valence-electron chi connectivity index (χ2n) is 6.51. The van der Waals surface area contributed by atoms with Gasteiger partial charge in [0.15, 0.2) is 0 Å². The lowest BCUT2D eigenvalue weighted by Gasteiger charge is -2.18. The lowest BCUT2D eigenvalue weighted by Crippen LogP contribution is -2.30. The van der Waals surface area contributed by atoms with Crippen molar-refractivity contribution in [3.63, 3.8) is 0 Å². The summed E-state index contributed by atoms with van der Waals surface area (Å²) >= 11 is 0. The molecule has 26 heavy (non-hydrogen) atoms. The van der Waals surface area contributed by atoms with Crippen molar-refractivity contribution in [2.45, 2.75) is 6.42 Å². The van der Waals surface area contributed by atoms with E-state index in [9.17, 15) is 4.79 Å². The maximum absolute atomic E-state index is 13.1. The zero-order valence-electron chi connectivity index (χ0n) is 14.6. The van der Waals surface area contributed by atoms with Crippen molar-refractivity contribution in [1.29, 1.82) is 0 Å². The highest BCUT2D eigenvalue weighted by atomic mass is 35.5. The zero-order valence-corrected chi connectivity index (χ0v) is 16.3. The number of fused-ring (bicyclic) bond motifs is 3. The molecule has 1 fully saturated rings. The minimum absolute atomic E-state index is 0. The largest absolute Gasteiger partial charge is 0.338 e. The average Bonchev–Trinajstić information content (AvgIpc) is 3.09. The van der Waals surface area contributed by atoms with E-state index in [0.717, 1.165) is 53.3 Å². The van der Waals surface area contributed by atoms with Gasteiger partial charge in [-0.15, -0.1) is 24.8 Å². The number of rotatable bonds is 3. The third-order valence-electron chi connectivity index (χ3n) is 4.91. The highest BCUT2D eigenvalue weighted by molar-refractivity contribution is 6.15. The van der Waals surface area contributed by atoms with Crippen molar-refractivity contribution < 1.29 is 4.79 Å². The number of hydrogen-bond donors (Lipinski definition) is 1. The van der Waals surface area contributed by atoms with Crippen LogP contribution in [-0.4, -0.2) is 42.5 Å². The Balaban J connectivity index is 0.00000121. The number of nitrogens with one attached hydrogen (secondary N) is 1. The Hall–Kier alpha value is -1.88. The molecule has 6 heteroatoms. The molecule has 1 N–H and O–H groups in total. The average molecular weight is 392 g/mol. The number of benzene rings is 2. The molecule has 4 rings (SSSR count). The molecule has 4 nitrogen and oxygen atoms in total.